The van der Waals surface area contributed by atoms with Crippen LogP contribution in [0.4, 0.5) is 34.6 Å². The van der Waals surface area contributed by atoms with Crippen molar-refractivity contribution in [2.45, 2.75) is 26.7 Å². The van der Waals surface area contributed by atoms with Crippen LogP contribution in [0.2, 0.25) is 0 Å². The average Bonchev–Trinajstić information content (AvgIpc) is 3.57. The fraction of sp³-hybridized carbons (Fsp3) is 0.176. The Kier molecular flexibility index (Phi) is 10.4. The summed E-state index contributed by atoms with van der Waals surface area (Å²) in [6.07, 6.45) is 4.64. The Bertz CT molecular complexity index is 1810. The van der Waals surface area contributed by atoms with Crippen molar-refractivity contribution in [3.05, 3.63) is 95.1 Å². The first-order valence-electron chi connectivity index (χ1n) is 14.7. The Morgan fingerprint density at radius 2 is 1.09 bits per heavy atom. The summed E-state index contributed by atoms with van der Waals surface area (Å²) in [5.41, 5.74) is 5.34. The molecule has 47 heavy (non-hydrogen) atoms. The van der Waals surface area contributed by atoms with E-state index in [2.05, 4.69) is 59.5 Å². The second-order valence-electron chi connectivity index (χ2n) is 10.1. The summed E-state index contributed by atoms with van der Waals surface area (Å²) >= 11 is 0. The number of aliphatic imine (C=N–C) groups is 2. The van der Waals surface area contributed by atoms with Gasteiger partial charge in [-0.15, -0.1) is 5.10 Å². The third-order valence-corrected chi connectivity index (χ3v) is 6.98. The van der Waals surface area contributed by atoms with E-state index in [4.69, 9.17) is 9.47 Å². The van der Waals surface area contributed by atoms with Gasteiger partial charge in [0.1, 0.15) is 0 Å². The van der Waals surface area contributed by atoms with Crippen LogP contribution in [0.5, 0.6) is 23.0 Å². The normalized spacial score (nSPS) is 11.8. The second-order valence-corrected chi connectivity index (χ2v) is 10.1. The van der Waals surface area contributed by atoms with Crippen LogP contribution in [0.1, 0.15) is 36.1 Å². The molecule has 0 unspecified atom stereocenters. The molecule has 0 fully saturated rings. The van der Waals surface area contributed by atoms with Crippen LogP contribution in [0.3, 0.4) is 0 Å². The number of benzene rings is 4. The summed E-state index contributed by atoms with van der Waals surface area (Å²) in [7, 11) is 2.88. The minimum Gasteiger partial charge on any atom is -0.504 e. The monoisotopic (exact) mass is 631 g/mol. The van der Waals surface area contributed by atoms with Gasteiger partial charge in [0.05, 0.1) is 37.0 Å². The Labute approximate surface area is 271 Å². The molecule has 5 aromatic rings. The number of nitrogens with one attached hydrogen (secondary N) is 1. The van der Waals surface area contributed by atoms with Crippen molar-refractivity contribution in [2.24, 2.45) is 30.4 Å². The predicted octanol–water partition coefficient (Wildman–Crippen LogP) is 8.69. The van der Waals surface area contributed by atoms with E-state index in [1.807, 2.05) is 48.5 Å². The zero-order valence-corrected chi connectivity index (χ0v) is 26.3. The fourth-order valence-electron chi connectivity index (χ4n) is 4.30. The summed E-state index contributed by atoms with van der Waals surface area (Å²) in [5, 5.41) is 45.2. The van der Waals surface area contributed by atoms with Crippen molar-refractivity contribution in [1.82, 2.24) is 15.2 Å². The molecule has 0 amide bonds. The van der Waals surface area contributed by atoms with Gasteiger partial charge in [-0.1, -0.05) is 38.1 Å². The van der Waals surface area contributed by atoms with Crippen LogP contribution in [-0.4, -0.2) is 52.0 Å². The number of hydrogen-bond donors (Lipinski definition) is 3. The first-order valence-corrected chi connectivity index (χ1v) is 14.7. The van der Waals surface area contributed by atoms with E-state index >= 15 is 0 Å². The van der Waals surface area contributed by atoms with Crippen LogP contribution in [0, 0.1) is 0 Å². The number of methoxy groups -OCH3 is 2. The van der Waals surface area contributed by atoms with E-state index in [9.17, 15) is 10.2 Å². The quantitative estimate of drug-likeness (QED) is 0.0916. The average molecular weight is 632 g/mol. The maximum atomic E-state index is 10.7. The van der Waals surface area contributed by atoms with Crippen LogP contribution in [-0.2, 0) is 12.8 Å². The second kappa shape index (κ2) is 15.2. The van der Waals surface area contributed by atoms with E-state index in [0.29, 0.717) is 33.9 Å². The number of rotatable bonds is 12. The summed E-state index contributed by atoms with van der Waals surface area (Å²) in [6, 6.07) is 21.9. The van der Waals surface area contributed by atoms with Gasteiger partial charge in [0.15, 0.2) is 23.0 Å². The van der Waals surface area contributed by atoms with E-state index in [-0.39, 0.29) is 34.9 Å². The lowest BCUT2D eigenvalue weighted by Crippen LogP contribution is -1.89. The molecule has 0 bridgehead atoms. The molecule has 0 aliphatic carbocycles. The molecule has 3 N–H and O–H groups in total. The van der Waals surface area contributed by atoms with E-state index in [1.165, 1.54) is 37.8 Å². The molecule has 1 aromatic heterocycles. The SMILES string of the molecule is CCc1ccc(N=Nc2cc(/C=N/c3n[nH]c(/N=C/c4cc(N=Nc5ccc(CC)cc5)cc(OC)c4O)n3)c(O)c(OC)c2)cc1. The van der Waals surface area contributed by atoms with Gasteiger partial charge in [0.25, 0.3) is 5.95 Å². The fourth-order valence-corrected chi connectivity index (χ4v) is 4.30. The molecule has 0 atom stereocenters. The Hall–Kier alpha value is -6.24. The molecule has 13 heteroatoms. The van der Waals surface area contributed by atoms with Crippen LogP contribution < -0.4 is 9.47 Å². The summed E-state index contributed by atoms with van der Waals surface area (Å²) in [6.45, 7) is 4.17. The number of hydrogen-bond acceptors (Lipinski definition) is 12. The Balaban J connectivity index is 1.32. The number of phenols is 2. The maximum absolute atomic E-state index is 10.7. The van der Waals surface area contributed by atoms with Gasteiger partial charge >= 0.3 is 0 Å². The van der Waals surface area contributed by atoms with Crippen molar-refractivity contribution >= 4 is 47.1 Å². The van der Waals surface area contributed by atoms with Crippen molar-refractivity contribution < 1.29 is 19.7 Å². The molecule has 4 aromatic carbocycles. The number of H-pyrrole nitrogens is 1. The van der Waals surface area contributed by atoms with E-state index < -0.39 is 0 Å². The van der Waals surface area contributed by atoms with E-state index in [0.717, 1.165) is 12.8 Å². The van der Waals surface area contributed by atoms with Gasteiger partial charge in [-0.05, 0) is 60.4 Å². The van der Waals surface area contributed by atoms with Gasteiger partial charge < -0.3 is 19.7 Å². The minimum atomic E-state index is -0.129. The molecular weight excluding hydrogens is 598 g/mol. The molecule has 5 rings (SSSR count). The lowest BCUT2D eigenvalue weighted by Gasteiger charge is -2.07. The molecular formula is C34H33N9O4. The highest BCUT2D eigenvalue weighted by Gasteiger charge is 2.12. The summed E-state index contributed by atoms with van der Waals surface area (Å²) in [4.78, 5) is 12.8. The largest absolute Gasteiger partial charge is 0.504 e. The molecule has 0 aliphatic rings. The number of nitrogens with zero attached hydrogens (tertiary/aromatic N) is 8. The number of aromatic nitrogens is 3. The lowest BCUT2D eigenvalue weighted by atomic mass is 10.1. The molecule has 0 saturated carbocycles. The maximum Gasteiger partial charge on any atom is 0.269 e. The zero-order valence-electron chi connectivity index (χ0n) is 26.3. The zero-order chi connectivity index (χ0) is 33.2. The molecule has 0 radical (unpaired) electrons. The third kappa shape index (κ3) is 8.28. The number of phenolic OH excluding ortho intramolecular Hbond substituents is 2. The first kappa shape index (κ1) is 32.2. The van der Waals surface area contributed by atoms with Gasteiger partial charge in [-0.2, -0.15) is 25.4 Å². The van der Waals surface area contributed by atoms with Crippen LogP contribution in [0.25, 0.3) is 0 Å². The number of aromatic hydroxyl groups is 2. The molecule has 13 nitrogen and oxygen atoms in total. The number of aromatic amines is 1. The minimum absolute atomic E-state index is 0.0528. The predicted molar refractivity (Wildman–Crippen MR) is 180 cm³/mol. The molecule has 0 saturated heterocycles. The third-order valence-electron chi connectivity index (χ3n) is 6.98. The number of azo groups is 2. The highest BCUT2D eigenvalue weighted by atomic mass is 16.5. The van der Waals surface area contributed by atoms with Crippen molar-refractivity contribution in [3.8, 4) is 23.0 Å². The van der Waals surface area contributed by atoms with Crippen molar-refractivity contribution in [2.75, 3.05) is 14.2 Å². The Morgan fingerprint density at radius 1 is 0.638 bits per heavy atom. The standard InChI is InChI=1S/C34H33N9O4/c1-5-21-7-11-25(12-8-21)38-40-27-15-23(31(44)29(17-27)46-3)19-35-33-37-34(43-42-33)36-20-24-16-28(18-30(47-4)32(24)45)41-39-26-13-9-22(6-2)10-14-26/h7-20,44-45H,5-6H2,1-4H3,(H,37,42,43)/b35-19+,36-20+,40-38?,41-39?. The highest BCUT2D eigenvalue weighted by molar-refractivity contribution is 5.89. The molecule has 0 aliphatic heterocycles. The smallest absolute Gasteiger partial charge is 0.269 e. The topological polar surface area (TPSA) is 175 Å². The molecule has 1 heterocycles. The van der Waals surface area contributed by atoms with Crippen molar-refractivity contribution in [1.29, 1.82) is 0 Å². The van der Waals surface area contributed by atoms with Crippen molar-refractivity contribution in [3.63, 3.8) is 0 Å². The Morgan fingerprint density at radius 3 is 1.53 bits per heavy atom. The lowest BCUT2D eigenvalue weighted by molar-refractivity contribution is 0.373. The van der Waals surface area contributed by atoms with E-state index in [1.54, 1.807) is 24.3 Å². The molecule has 238 valence electrons. The molecule has 0 spiro atoms. The highest BCUT2D eigenvalue weighted by Crippen LogP contribution is 2.36. The van der Waals surface area contributed by atoms with Crippen LogP contribution in [0.15, 0.2) is 103 Å². The number of ether oxygens (including phenoxy) is 2. The van der Waals surface area contributed by atoms with Gasteiger partial charge in [-0.3, -0.25) is 0 Å². The summed E-state index contributed by atoms with van der Waals surface area (Å²) < 4.78 is 10.6. The summed E-state index contributed by atoms with van der Waals surface area (Å²) in [5.74, 6) is 0.332. The van der Waals surface area contributed by atoms with Crippen LogP contribution >= 0.6 is 0 Å². The van der Waals surface area contributed by atoms with Gasteiger partial charge in [0.2, 0.25) is 5.95 Å². The van der Waals surface area contributed by atoms with Gasteiger partial charge in [0, 0.05) is 35.7 Å². The first-order chi connectivity index (χ1) is 22.9. The number of aryl methyl sites for hydroxylation is 2. The van der Waals surface area contributed by atoms with Gasteiger partial charge in [-0.25, -0.2) is 15.1 Å².